The summed E-state index contributed by atoms with van der Waals surface area (Å²) >= 11 is 2.92. The van der Waals surface area contributed by atoms with Gasteiger partial charge in [-0.05, 0) is 35.9 Å². The topological polar surface area (TPSA) is 82.4 Å². The number of fused-ring (bicyclic) bond motifs is 1. The Bertz CT molecular complexity index is 970. The zero-order valence-corrected chi connectivity index (χ0v) is 17.6. The molecular formula is C21H21N3O3S2. The largest absolute Gasteiger partial charge is 0.446 e. The van der Waals surface area contributed by atoms with Gasteiger partial charge in [0.2, 0.25) is 5.91 Å². The minimum atomic E-state index is -0.386. The third-order valence-corrected chi connectivity index (χ3v) is 6.50. The lowest BCUT2D eigenvalue weighted by atomic mass is 9.94. The van der Waals surface area contributed by atoms with Crippen molar-refractivity contribution in [3.05, 3.63) is 57.1 Å². The molecule has 150 valence electrons. The van der Waals surface area contributed by atoms with Crippen LogP contribution in [-0.4, -0.2) is 36.6 Å². The van der Waals surface area contributed by atoms with E-state index in [0.717, 1.165) is 15.3 Å². The first-order chi connectivity index (χ1) is 14.0. The Balaban J connectivity index is 1.68. The number of nitrogens with zero attached hydrogens (tertiary/aromatic N) is 2. The van der Waals surface area contributed by atoms with Gasteiger partial charge in [0.1, 0.15) is 17.2 Å². The van der Waals surface area contributed by atoms with Gasteiger partial charge in [-0.25, -0.2) is 4.79 Å². The average Bonchev–Trinajstić information content (AvgIpc) is 3.33. The average molecular weight is 428 g/mol. The number of nitrogens with one attached hydrogen (secondary N) is 1. The number of ether oxygens (including phenoxy) is 1. The first kappa shape index (κ1) is 20.8. The standard InChI is InChI=1S/C21H21N3O3S2/c1-3-10-24(2)21(26)27-14-6-8-16-17(13-22)20(29-18(16)12-14)23-19(25)9-7-15-5-4-11-28-15/h3-5,7,9,11,14H,1,6,8,10,12H2,2H3,(H,23,25). The highest BCUT2D eigenvalue weighted by molar-refractivity contribution is 7.16. The molecule has 2 aromatic rings. The van der Waals surface area contributed by atoms with E-state index in [1.54, 1.807) is 30.5 Å². The fraction of sp³-hybridized carbons (Fsp3) is 0.286. The van der Waals surface area contributed by atoms with Gasteiger partial charge in [0.25, 0.3) is 0 Å². The summed E-state index contributed by atoms with van der Waals surface area (Å²) in [5, 5.41) is 14.9. The normalized spacial score (nSPS) is 15.4. The number of anilines is 1. The third-order valence-electron chi connectivity index (χ3n) is 4.49. The SMILES string of the molecule is C=CCN(C)C(=O)OC1CCc2c(sc(NC(=O)C=Cc3cccs3)c2C#N)C1. The molecule has 29 heavy (non-hydrogen) atoms. The van der Waals surface area contributed by atoms with Crippen LogP contribution in [0.3, 0.4) is 0 Å². The predicted molar refractivity (Wildman–Crippen MR) is 116 cm³/mol. The summed E-state index contributed by atoms with van der Waals surface area (Å²) in [4.78, 5) is 27.8. The molecule has 0 bridgehead atoms. The number of hydrogen-bond acceptors (Lipinski definition) is 6. The first-order valence-electron chi connectivity index (χ1n) is 9.11. The van der Waals surface area contributed by atoms with E-state index >= 15 is 0 Å². The Morgan fingerprint density at radius 2 is 2.34 bits per heavy atom. The number of nitriles is 1. The highest BCUT2D eigenvalue weighted by Crippen LogP contribution is 2.38. The zero-order chi connectivity index (χ0) is 20.8. The van der Waals surface area contributed by atoms with Gasteiger partial charge >= 0.3 is 6.09 Å². The van der Waals surface area contributed by atoms with Crippen LogP contribution in [0.1, 0.15) is 27.3 Å². The summed E-state index contributed by atoms with van der Waals surface area (Å²) in [7, 11) is 1.66. The number of rotatable bonds is 6. The number of amides is 2. The Labute approximate surface area is 177 Å². The van der Waals surface area contributed by atoms with Gasteiger partial charge in [0, 0.05) is 35.8 Å². The molecule has 1 aliphatic rings. The van der Waals surface area contributed by atoms with Crippen molar-refractivity contribution in [2.75, 3.05) is 18.9 Å². The molecule has 2 heterocycles. The van der Waals surface area contributed by atoms with Crippen molar-refractivity contribution in [3.63, 3.8) is 0 Å². The van der Waals surface area contributed by atoms with Gasteiger partial charge in [-0.3, -0.25) is 4.79 Å². The van der Waals surface area contributed by atoms with E-state index in [9.17, 15) is 14.9 Å². The van der Waals surface area contributed by atoms with Gasteiger partial charge in [0.05, 0.1) is 5.56 Å². The van der Waals surface area contributed by atoms with Crippen LogP contribution < -0.4 is 5.32 Å². The Morgan fingerprint density at radius 3 is 3.03 bits per heavy atom. The lowest BCUT2D eigenvalue weighted by Gasteiger charge is -2.25. The second kappa shape index (κ2) is 9.54. The molecule has 3 rings (SSSR count). The fourth-order valence-electron chi connectivity index (χ4n) is 3.06. The van der Waals surface area contributed by atoms with Gasteiger partial charge in [-0.2, -0.15) is 5.26 Å². The monoisotopic (exact) mass is 427 g/mol. The lowest BCUT2D eigenvalue weighted by molar-refractivity contribution is -0.111. The molecule has 1 aliphatic carbocycles. The van der Waals surface area contributed by atoms with E-state index < -0.39 is 0 Å². The maximum Gasteiger partial charge on any atom is 0.410 e. The van der Waals surface area contributed by atoms with Crippen molar-refractivity contribution in [1.82, 2.24) is 4.90 Å². The maximum absolute atomic E-state index is 12.3. The molecule has 8 heteroatoms. The molecule has 6 nitrogen and oxygen atoms in total. The first-order valence-corrected chi connectivity index (χ1v) is 10.8. The van der Waals surface area contributed by atoms with Gasteiger partial charge in [0.15, 0.2) is 0 Å². The van der Waals surface area contributed by atoms with Crippen molar-refractivity contribution in [2.24, 2.45) is 0 Å². The van der Waals surface area contributed by atoms with Crippen LogP contribution in [0.25, 0.3) is 6.08 Å². The van der Waals surface area contributed by atoms with Crippen LogP contribution in [0.5, 0.6) is 0 Å². The molecule has 0 aromatic carbocycles. The molecule has 0 spiro atoms. The summed E-state index contributed by atoms with van der Waals surface area (Å²) in [6.07, 6.45) is 6.05. The van der Waals surface area contributed by atoms with Crippen molar-refractivity contribution >= 4 is 45.8 Å². The molecule has 0 fully saturated rings. The van der Waals surface area contributed by atoms with E-state index in [1.165, 1.54) is 22.3 Å². The van der Waals surface area contributed by atoms with E-state index in [0.29, 0.717) is 36.4 Å². The van der Waals surface area contributed by atoms with E-state index in [2.05, 4.69) is 18.0 Å². The van der Waals surface area contributed by atoms with Gasteiger partial charge in [-0.1, -0.05) is 12.1 Å². The molecular weight excluding hydrogens is 406 g/mol. The second-order valence-corrected chi connectivity index (χ2v) is 8.66. The van der Waals surface area contributed by atoms with E-state index in [4.69, 9.17) is 4.74 Å². The molecule has 0 saturated carbocycles. The number of carbonyl (C=O) groups excluding carboxylic acids is 2. The molecule has 0 aliphatic heterocycles. The summed E-state index contributed by atoms with van der Waals surface area (Å²) < 4.78 is 5.57. The van der Waals surface area contributed by atoms with E-state index in [-0.39, 0.29) is 18.1 Å². The van der Waals surface area contributed by atoms with Crippen molar-refractivity contribution in [1.29, 1.82) is 5.26 Å². The maximum atomic E-state index is 12.3. The molecule has 2 aromatic heterocycles. The number of carbonyl (C=O) groups is 2. The van der Waals surface area contributed by atoms with Crippen molar-refractivity contribution in [3.8, 4) is 6.07 Å². The minimum Gasteiger partial charge on any atom is -0.446 e. The summed E-state index contributed by atoms with van der Waals surface area (Å²) in [5.74, 6) is -0.275. The molecule has 0 radical (unpaired) electrons. The van der Waals surface area contributed by atoms with Gasteiger partial charge in [-0.15, -0.1) is 29.3 Å². The highest BCUT2D eigenvalue weighted by Gasteiger charge is 2.28. The fourth-order valence-corrected chi connectivity index (χ4v) is 4.94. The Hall–Kier alpha value is -2.89. The third kappa shape index (κ3) is 5.13. The zero-order valence-electron chi connectivity index (χ0n) is 16.0. The van der Waals surface area contributed by atoms with Crippen LogP contribution >= 0.6 is 22.7 Å². The predicted octanol–water partition coefficient (Wildman–Crippen LogP) is 4.44. The summed E-state index contributed by atoms with van der Waals surface area (Å²) in [6.45, 7) is 4.04. The molecule has 1 unspecified atom stereocenters. The smallest absolute Gasteiger partial charge is 0.410 e. The number of thiophene rings is 2. The Kier molecular flexibility index (Phi) is 6.86. The van der Waals surface area contributed by atoms with Crippen LogP contribution in [0, 0.1) is 11.3 Å². The van der Waals surface area contributed by atoms with Gasteiger partial charge < -0.3 is 15.0 Å². The van der Waals surface area contributed by atoms with Crippen LogP contribution in [0.2, 0.25) is 0 Å². The molecule has 1 atom stereocenters. The summed E-state index contributed by atoms with van der Waals surface area (Å²) in [6, 6.07) is 6.06. The van der Waals surface area contributed by atoms with E-state index in [1.807, 2.05) is 17.5 Å². The molecule has 1 N–H and O–H groups in total. The molecule has 2 amide bonds. The highest BCUT2D eigenvalue weighted by atomic mass is 32.1. The number of hydrogen-bond donors (Lipinski definition) is 1. The molecule has 0 saturated heterocycles. The van der Waals surface area contributed by atoms with Crippen LogP contribution in [0.15, 0.2) is 36.2 Å². The lowest BCUT2D eigenvalue weighted by Crippen LogP contribution is -2.33. The second-order valence-electron chi connectivity index (χ2n) is 6.58. The van der Waals surface area contributed by atoms with Crippen LogP contribution in [-0.2, 0) is 22.4 Å². The quantitative estimate of drug-likeness (QED) is 0.546. The minimum absolute atomic E-state index is 0.241. The summed E-state index contributed by atoms with van der Waals surface area (Å²) in [5.41, 5.74) is 1.46. The van der Waals surface area contributed by atoms with Crippen molar-refractivity contribution in [2.45, 2.75) is 25.4 Å². The van der Waals surface area contributed by atoms with Crippen molar-refractivity contribution < 1.29 is 14.3 Å². The number of likely N-dealkylation sites (N-methyl/N-ethyl adjacent to an activating group) is 1. The Morgan fingerprint density at radius 1 is 1.52 bits per heavy atom. The van der Waals surface area contributed by atoms with Crippen LogP contribution in [0.4, 0.5) is 9.80 Å².